The van der Waals surface area contributed by atoms with Crippen LogP contribution in [0.25, 0.3) is 11.4 Å². The van der Waals surface area contributed by atoms with E-state index in [2.05, 4.69) is 21.9 Å². The second kappa shape index (κ2) is 5.84. The molecule has 1 aliphatic heterocycles. The molecule has 0 amide bonds. The summed E-state index contributed by atoms with van der Waals surface area (Å²) in [5.41, 5.74) is 1.75. The largest absolute Gasteiger partial charge is 0.496 e. The highest BCUT2D eigenvalue weighted by Crippen LogP contribution is 2.42. The fourth-order valence-corrected chi connectivity index (χ4v) is 2.79. The predicted octanol–water partition coefficient (Wildman–Crippen LogP) is 2.69. The molecule has 0 aliphatic carbocycles. The quantitative estimate of drug-likeness (QED) is 0.735. The number of aromatic nitrogens is 4. The van der Waals surface area contributed by atoms with Gasteiger partial charge in [-0.25, -0.2) is 15.0 Å². The Morgan fingerprint density at radius 2 is 2.00 bits per heavy atom. The van der Waals surface area contributed by atoms with E-state index in [0.29, 0.717) is 17.2 Å². The lowest BCUT2D eigenvalue weighted by atomic mass is 10.1. The monoisotopic (exact) mass is 324 g/mol. The maximum absolute atomic E-state index is 5.52. The van der Waals surface area contributed by atoms with Gasteiger partial charge in [0.15, 0.2) is 11.5 Å². The first kappa shape index (κ1) is 14.5. The van der Waals surface area contributed by atoms with Gasteiger partial charge in [0.2, 0.25) is 6.79 Å². The number of ether oxygens (including phenoxy) is 3. The number of rotatable bonds is 4. The molecule has 2 aromatic heterocycles. The van der Waals surface area contributed by atoms with Crippen molar-refractivity contribution in [3.8, 4) is 28.6 Å². The summed E-state index contributed by atoms with van der Waals surface area (Å²) in [5.74, 6) is 2.82. The van der Waals surface area contributed by atoms with Crippen molar-refractivity contribution in [2.45, 2.75) is 13.0 Å². The van der Waals surface area contributed by atoms with Crippen LogP contribution in [0.4, 0.5) is 0 Å². The lowest BCUT2D eigenvalue weighted by Crippen LogP contribution is -2.09. The first-order valence-electron chi connectivity index (χ1n) is 7.54. The summed E-state index contributed by atoms with van der Waals surface area (Å²) in [6.45, 7) is 2.28. The number of nitrogens with zero attached hydrogens (tertiary/aromatic N) is 4. The number of hydrogen-bond donors (Lipinski definition) is 0. The average Bonchev–Trinajstić information content (AvgIpc) is 3.29. The Bertz CT molecular complexity index is 864. The van der Waals surface area contributed by atoms with Gasteiger partial charge >= 0.3 is 0 Å². The second-order valence-corrected chi connectivity index (χ2v) is 5.37. The molecule has 0 radical (unpaired) electrons. The first-order chi connectivity index (χ1) is 11.8. The Hall–Kier alpha value is -3.09. The fraction of sp³-hybridized carbons (Fsp3) is 0.235. The van der Waals surface area contributed by atoms with Crippen molar-refractivity contribution in [2.24, 2.45) is 0 Å². The van der Waals surface area contributed by atoms with Gasteiger partial charge in [-0.3, -0.25) is 0 Å². The van der Waals surface area contributed by atoms with Crippen LogP contribution in [0.15, 0.2) is 43.1 Å². The van der Waals surface area contributed by atoms with Gasteiger partial charge in [-0.15, -0.1) is 0 Å². The molecule has 0 bridgehead atoms. The topological polar surface area (TPSA) is 71.3 Å². The van der Waals surface area contributed by atoms with Crippen LogP contribution in [-0.4, -0.2) is 33.4 Å². The Morgan fingerprint density at radius 1 is 1.17 bits per heavy atom. The molecule has 0 unspecified atom stereocenters. The standard InChI is InChI=1S/C17H16N4O3/c1-11(13-3-4-18-9-20-13)21-6-5-19-17(21)12-7-15-16(24-10-23-15)8-14(12)22-2/h3-9,11H,10H2,1-2H3/t11-/m1/s1. The summed E-state index contributed by atoms with van der Waals surface area (Å²) >= 11 is 0. The maximum Gasteiger partial charge on any atom is 0.231 e. The van der Waals surface area contributed by atoms with Gasteiger partial charge in [-0.05, 0) is 19.1 Å². The molecule has 0 fully saturated rings. The van der Waals surface area contributed by atoms with Gasteiger partial charge in [0.25, 0.3) is 0 Å². The number of benzene rings is 1. The summed E-state index contributed by atoms with van der Waals surface area (Å²) < 4.78 is 18.5. The van der Waals surface area contributed by atoms with Crippen molar-refractivity contribution in [1.82, 2.24) is 19.5 Å². The lowest BCUT2D eigenvalue weighted by Gasteiger charge is -2.17. The van der Waals surface area contributed by atoms with Crippen LogP contribution in [0, 0.1) is 0 Å². The molecular weight excluding hydrogens is 308 g/mol. The van der Waals surface area contributed by atoms with Gasteiger partial charge in [-0.2, -0.15) is 0 Å². The third-order valence-corrected chi connectivity index (χ3v) is 4.05. The molecule has 24 heavy (non-hydrogen) atoms. The Balaban J connectivity index is 1.81. The zero-order valence-electron chi connectivity index (χ0n) is 13.3. The summed E-state index contributed by atoms with van der Waals surface area (Å²) in [4.78, 5) is 12.8. The molecule has 7 nitrogen and oxygen atoms in total. The first-order valence-corrected chi connectivity index (χ1v) is 7.54. The minimum absolute atomic E-state index is 0.000582. The average molecular weight is 324 g/mol. The Labute approximate surface area is 138 Å². The minimum atomic E-state index is 0.000582. The van der Waals surface area contributed by atoms with E-state index >= 15 is 0 Å². The number of fused-ring (bicyclic) bond motifs is 1. The zero-order chi connectivity index (χ0) is 16.5. The van der Waals surface area contributed by atoms with Crippen LogP contribution in [0.3, 0.4) is 0 Å². The van der Waals surface area contributed by atoms with Crippen molar-refractivity contribution in [1.29, 1.82) is 0 Å². The van der Waals surface area contributed by atoms with Crippen molar-refractivity contribution in [3.63, 3.8) is 0 Å². The molecule has 1 aromatic carbocycles. The zero-order valence-corrected chi connectivity index (χ0v) is 13.3. The van der Waals surface area contributed by atoms with Gasteiger partial charge in [0.05, 0.1) is 24.4 Å². The fourth-order valence-electron chi connectivity index (χ4n) is 2.79. The molecule has 7 heteroatoms. The molecule has 0 N–H and O–H groups in total. The van der Waals surface area contributed by atoms with Crippen molar-refractivity contribution in [2.75, 3.05) is 13.9 Å². The van der Waals surface area contributed by atoms with Crippen LogP contribution in [-0.2, 0) is 0 Å². The van der Waals surface area contributed by atoms with Crippen LogP contribution in [0.1, 0.15) is 18.7 Å². The molecule has 3 aromatic rings. The van der Waals surface area contributed by atoms with Crippen molar-refractivity contribution < 1.29 is 14.2 Å². The van der Waals surface area contributed by atoms with Gasteiger partial charge in [0.1, 0.15) is 17.9 Å². The smallest absolute Gasteiger partial charge is 0.231 e. The van der Waals surface area contributed by atoms with E-state index in [-0.39, 0.29) is 12.8 Å². The van der Waals surface area contributed by atoms with E-state index in [0.717, 1.165) is 17.1 Å². The van der Waals surface area contributed by atoms with E-state index in [9.17, 15) is 0 Å². The van der Waals surface area contributed by atoms with E-state index in [1.54, 1.807) is 25.8 Å². The van der Waals surface area contributed by atoms with E-state index < -0.39 is 0 Å². The molecular formula is C17H16N4O3. The van der Waals surface area contributed by atoms with Gasteiger partial charge in [-0.1, -0.05) is 0 Å². The third kappa shape index (κ3) is 2.34. The molecule has 1 atom stereocenters. The normalized spacial score (nSPS) is 13.8. The van der Waals surface area contributed by atoms with Gasteiger partial charge in [0, 0.05) is 24.7 Å². The molecule has 1 aliphatic rings. The minimum Gasteiger partial charge on any atom is -0.496 e. The maximum atomic E-state index is 5.52. The van der Waals surface area contributed by atoms with Crippen LogP contribution < -0.4 is 14.2 Å². The van der Waals surface area contributed by atoms with Crippen LogP contribution >= 0.6 is 0 Å². The van der Waals surface area contributed by atoms with E-state index in [4.69, 9.17) is 14.2 Å². The molecule has 4 rings (SSSR count). The molecule has 122 valence electrons. The lowest BCUT2D eigenvalue weighted by molar-refractivity contribution is 0.174. The molecule has 0 saturated heterocycles. The molecule has 0 saturated carbocycles. The predicted molar refractivity (Wildman–Crippen MR) is 86.2 cm³/mol. The Morgan fingerprint density at radius 3 is 2.75 bits per heavy atom. The van der Waals surface area contributed by atoms with Crippen LogP contribution in [0.5, 0.6) is 17.2 Å². The number of methoxy groups -OCH3 is 1. The number of imidazole rings is 1. The number of hydrogen-bond acceptors (Lipinski definition) is 6. The van der Waals surface area contributed by atoms with Crippen LogP contribution in [0.2, 0.25) is 0 Å². The summed E-state index contributed by atoms with van der Waals surface area (Å²) in [6.07, 6.45) is 6.96. The third-order valence-electron chi connectivity index (χ3n) is 4.05. The highest BCUT2D eigenvalue weighted by Gasteiger charge is 2.22. The second-order valence-electron chi connectivity index (χ2n) is 5.37. The van der Waals surface area contributed by atoms with E-state index in [1.807, 2.05) is 29.0 Å². The van der Waals surface area contributed by atoms with E-state index in [1.165, 1.54) is 0 Å². The highest BCUT2D eigenvalue weighted by atomic mass is 16.7. The highest BCUT2D eigenvalue weighted by molar-refractivity contribution is 5.70. The summed E-state index contributed by atoms with van der Waals surface area (Å²) in [6, 6.07) is 5.62. The molecule has 0 spiro atoms. The van der Waals surface area contributed by atoms with Crippen molar-refractivity contribution >= 4 is 0 Å². The molecule has 3 heterocycles. The Kier molecular flexibility index (Phi) is 3.53. The SMILES string of the molecule is COc1cc2c(cc1-c1nccn1[C@H](C)c1ccncn1)OCO2. The van der Waals surface area contributed by atoms with Gasteiger partial charge < -0.3 is 18.8 Å². The summed E-state index contributed by atoms with van der Waals surface area (Å²) in [7, 11) is 1.63. The van der Waals surface area contributed by atoms with Crippen molar-refractivity contribution in [3.05, 3.63) is 48.8 Å². The summed E-state index contributed by atoms with van der Waals surface area (Å²) in [5, 5.41) is 0.